The highest BCUT2D eigenvalue weighted by molar-refractivity contribution is 7.12. The molecule has 5 heteroatoms. The van der Waals surface area contributed by atoms with E-state index in [2.05, 4.69) is 19.6 Å². The molecule has 10 heavy (non-hydrogen) atoms. The Hall–Kier alpha value is -1.10. The number of fused-ring (bicyclic) bond motifs is 1. The van der Waals surface area contributed by atoms with Crippen molar-refractivity contribution in [1.29, 1.82) is 0 Å². The Morgan fingerprint density at radius 1 is 1.50 bits per heavy atom. The summed E-state index contributed by atoms with van der Waals surface area (Å²) in [5, 5.41) is 3.80. The van der Waals surface area contributed by atoms with Crippen LogP contribution in [0, 0.1) is 6.92 Å². The SMILES string of the molecule is Cc1ncc2snnc2n1. The molecular weight excluding hydrogens is 148 g/mol. The van der Waals surface area contributed by atoms with E-state index in [1.54, 1.807) is 6.20 Å². The summed E-state index contributed by atoms with van der Waals surface area (Å²) in [6, 6.07) is 0. The predicted octanol–water partition coefficient (Wildman–Crippen LogP) is 0.790. The lowest BCUT2D eigenvalue weighted by Crippen LogP contribution is -1.85. The normalized spacial score (nSPS) is 10.5. The highest BCUT2D eigenvalue weighted by atomic mass is 32.1. The van der Waals surface area contributed by atoms with E-state index in [-0.39, 0.29) is 0 Å². The van der Waals surface area contributed by atoms with Gasteiger partial charge in [0.25, 0.3) is 0 Å². The van der Waals surface area contributed by atoms with Crippen LogP contribution in [-0.2, 0) is 0 Å². The fraction of sp³-hybridized carbons (Fsp3) is 0.200. The highest BCUT2D eigenvalue weighted by Gasteiger charge is 1.98. The monoisotopic (exact) mass is 152 g/mol. The quantitative estimate of drug-likeness (QED) is 0.560. The Bertz CT molecular complexity index is 355. The van der Waals surface area contributed by atoms with Gasteiger partial charge in [-0.3, -0.25) is 0 Å². The molecule has 0 saturated heterocycles. The van der Waals surface area contributed by atoms with Crippen molar-refractivity contribution in [3.05, 3.63) is 12.0 Å². The molecule has 2 heterocycles. The summed E-state index contributed by atoms with van der Waals surface area (Å²) in [5.74, 6) is 0.736. The summed E-state index contributed by atoms with van der Waals surface area (Å²) < 4.78 is 4.67. The first-order valence-corrected chi connectivity index (χ1v) is 3.55. The summed E-state index contributed by atoms with van der Waals surface area (Å²) in [4.78, 5) is 8.06. The van der Waals surface area contributed by atoms with Crippen LogP contribution in [0.25, 0.3) is 10.3 Å². The van der Waals surface area contributed by atoms with Crippen LogP contribution in [0.1, 0.15) is 5.82 Å². The summed E-state index contributed by atoms with van der Waals surface area (Å²) in [6.45, 7) is 1.83. The van der Waals surface area contributed by atoms with Gasteiger partial charge >= 0.3 is 0 Å². The molecule has 0 atom stereocenters. The van der Waals surface area contributed by atoms with Crippen LogP contribution in [0.15, 0.2) is 6.20 Å². The van der Waals surface area contributed by atoms with E-state index >= 15 is 0 Å². The molecule has 0 saturated carbocycles. The Kier molecular flexibility index (Phi) is 1.10. The molecule has 0 amide bonds. The van der Waals surface area contributed by atoms with Gasteiger partial charge in [-0.1, -0.05) is 4.49 Å². The van der Waals surface area contributed by atoms with Gasteiger partial charge < -0.3 is 0 Å². The second kappa shape index (κ2) is 1.95. The lowest BCUT2D eigenvalue weighted by Gasteiger charge is -1.85. The molecule has 2 aromatic heterocycles. The third kappa shape index (κ3) is 0.750. The van der Waals surface area contributed by atoms with Gasteiger partial charge in [-0.25, -0.2) is 9.97 Å². The Balaban J connectivity index is 2.86. The van der Waals surface area contributed by atoms with Gasteiger partial charge in [0.1, 0.15) is 10.5 Å². The minimum Gasteiger partial charge on any atom is -0.240 e. The molecule has 2 aromatic rings. The maximum atomic E-state index is 4.06. The van der Waals surface area contributed by atoms with Crippen LogP contribution in [0.5, 0.6) is 0 Å². The first-order valence-electron chi connectivity index (χ1n) is 2.78. The molecule has 0 N–H and O–H groups in total. The molecule has 0 aromatic carbocycles. The Labute approximate surface area is 61.1 Å². The topological polar surface area (TPSA) is 51.6 Å². The molecule has 0 fully saturated rings. The van der Waals surface area contributed by atoms with Crippen LogP contribution < -0.4 is 0 Å². The van der Waals surface area contributed by atoms with Crippen molar-refractivity contribution in [2.75, 3.05) is 0 Å². The zero-order valence-electron chi connectivity index (χ0n) is 5.27. The molecule has 0 radical (unpaired) electrons. The number of hydrogen-bond acceptors (Lipinski definition) is 5. The van der Waals surface area contributed by atoms with E-state index in [1.165, 1.54) is 11.5 Å². The van der Waals surface area contributed by atoms with E-state index in [4.69, 9.17) is 0 Å². The third-order valence-corrected chi connectivity index (χ3v) is 1.78. The van der Waals surface area contributed by atoms with E-state index < -0.39 is 0 Å². The number of hydrogen-bond donors (Lipinski definition) is 0. The summed E-state index contributed by atoms with van der Waals surface area (Å²) in [6.07, 6.45) is 1.74. The van der Waals surface area contributed by atoms with Gasteiger partial charge in [0.2, 0.25) is 0 Å². The highest BCUT2D eigenvalue weighted by Crippen LogP contribution is 2.09. The van der Waals surface area contributed by atoms with Crippen molar-refractivity contribution in [3.8, 4) is 0 Å². The first kappa shape index (κ1) is 5.67. The molecule has 0 bridgehead atoms. The lowest BCUT2D eigenvalue weighted by atomic mass is 10.6. The predicted molar refractivity (Wildman–Crippen MR) is 37.7 cm³/mol. The van der Waals surface area contributed by atoms with Crippen LogP contribution >= 0.6 is 11.5 Å². The van der Waals surface area contributed by atoms with Crippen molar-refractivity contribution in [2.24, 2.45) is 0 Å². The van der Waals surface area contributed by atoms with Gasteiger partial charge in [0, 0.05) is 0 Å². The minimum absolute atomic E-state index is 0.692. The first-order chi connectivity index (χ1) is 4.86. The molecule has 0 aliphatic carbocycles. The number of nitrogens with zero attached hydrogens (tertiary/aromatic N) is 4. The van der Waals surface area contributed by atoms with Gasteiger partial charge in [0.15, 0.2) is 5.65 Å². The van der Waals surface area contributed by atoms with Crippen molar-refractivity contribution in [1.82, 2.24) is 19.6 Å². The average molecular weight is 152 g/mol. The second-order valence-corrected chi connectivity index (χ2v) is 2.66. The van der Waals surface area contributed by atoms with Crippen LogP contribution in [-0.4, -0.2) is 19.6 Å². The zero-order chi connectivity index (χ0) is 6.97. The van der Waals surface area contributed by atoms with Crippen molar-refractivity contribution in [3.63, 3.8) is 0 Å². The van der Waals surface area contributed by atoms with Gasteiger partial charge in [-0.2, -0.15) is 0 Å². The number of rotatable bonds is 0. The maximum absolute atomic E-state index is 4.06. The van der Waals surface area contributed by atoms with Crippen molar-refractivity contribution in [2.45, 2.75) is 6.92 Å². The molecule has 4 nitrogen and oxygen atoms in total. The van der Waals surface area contributed by atoms with Gasteiger partial charge in [-0.05, 0) is 18.5 Å². The lowest BCUT2D eigenvalue weighted by molar-refractivity contribution is 1.06. The largest absolute Gasteiger partial charge is 0.240 e. The molecule has 50 valence electrons. The maximum Gasteiger partial charge on any atom is 0.197 e. The Morgan fingerprint density at radius 3 is 3.30 bits per heavy atom. The van der Waals surface area contributed by atoms with Crippen molar-refractivity contribution >= 4 is 21.9 Å². The van der Waals surface area contributed by atoms with E-state index in [9.17, 15) is 0 Å². The van der Waals surface area contributed by atoms with E-state index in [1.807, 2.05) is 6.92 Å². The molecule has 0 aliphatic rings. The van der Waals surface area contributed by atoms with Gasteiger partial charge in [0.05, 0.1) is 6.20 Å². The van der Waals surface area contributed by atoms with Crippen LogP contribution in [0.4, 0.5) is 0 Å². The number of aromatic nitrogens is 4. The summed E-state index contributed by atoms with van der Waals surface area (Å²) in [7, 11) is 0. The number of aryl methyl sites for hydroxylation is 1. The fourth-order valence-electron chi connectivity index (χ4n) is 0.686. The fourth-order valence-corrected chi connectivity index (χ4v) is 1.16. The third-order valence-electron chi connectivity index (χ3n) is 1.13. The average Bonchev–Trinajstić information content (AvgIpc) is 2.33. The smallest absolute Gasteiger partial charge is 0.197 e. The van der Waals surface area contributed by atoms with E-state index in [0.29, 0.717) is 5.65 Å². The molecule has 0 spiro atoms. The molecular formula is C5H4N4S. The zero-order valence-corrected chi connectivity index (χ0v) is 6.09. The Morgan fingerprint density at radius 2 is 2.40 bits per heavy atom. The summed E-state index contributed by atoms with van der Waals surface area (Å²) in [5.41, 5.74) is 0.692. The van der Waals surface area contributed by atoms with Crippen LogP contribution in [0.2, 0.25) is 0 Å². The van der Waals surface area contributed by atoms with Gasteiger partial charge in [-0.15, -0.1) is 5.10 Å². The van der Waals surface area contributed by atoms with Crippen molar-refractivity contribution < 1.29 is 0 Å². The summed E-state index contributed by atoms with van der Waals surface area (Å²) >= 11 is 1.31. The van der Waals surface area contributed by atoms with E-state index in [0.717, 1.165) is 10.5 Å². The molecule has 0 unspecified atom stereocenters. The second-order valence-electron chi connectivity index (χ2n) is 1.88. The molecule has 0 aliphatic heterocycles. The standard InChI is InChI=1S/C5H4N4S/c1-3-6-2-4-5(7-3)8-9-10-4/h2H,1H3. The molecule has 2 rings (SSSR count). The van der Waals surface area contributed by atoms with Crippen LogP contribution in [0.3, 0.4) is 0 Å². The minimum atomic E-state index is 0.692.